The van der Waals surface area contributed by atoms with Gasteiger partial charge in [0.2, 0.25) is 0 Å². The van der Waals surface area contributed by atoms with Gasteiger partial charge in [0.15, 0.2) is 0 Å². The van der Waals surface area contributed by atoms with Crippen molar-refractivity contribution in [2.75, 3.05) is 0 Å². The molecule has 1 aliphatic carbocycles. The van der Waals surface area contributed by atoms with Crippen LogP contribution in [-0.4, -0.2) is 34.2 Å². The number of fused-ring (bicyclic) bond motifs is 1. The molecule has 3 atom stereocenters. The Labute approximate surface area is 138 Å². The fourth-order valence-electron chi connectivity index (χ4n) is 4.22. The Morgan fingerprint density at radius 1 is 1.35 bits per heavy atom. The number of likely N-dealkylation sites (tertiary alicyclic amines) is 1. The summed E-state index contributed by atoms with van der Waals surface area (Å²) < 4.78 is 5.77. The fourth-order valence-corrected chi connectivity index (χ4v) is 4.22. The molecule has 1 saturated carbocycles. The zero-order valence-electron chi connectivity index (χ0n) is 14.1. The molecule has 4 heteroatoms. The number of ether oxygens (including phenoxy) is 1. The molecule has 0 amide bonds. The van der Waals surface area contributed by atoms with E-state index in [2.05, 4.69) is 17.0 Å². The van der Waals surface area contributed by atoms with Crippen LogP contribution < -0.4 is 4.74 Å². The highest BCUT2D eigenvalue weighted by Gasteiger charge is 2.44. The van der Waals surface area contributed by atoms with Crippen LogP contribution in [0.1, 0.15) is 51.5 Å². The van der Waals surface area contributed by atoms with Gasteiger partial charge >= 0.3 is 5.97 Å². The number of hydrogen-bond acceptors (Lipinski definition) is 3. The van der Waals surface area contributed by atoms with Crippen LogP contribution in [0.5, 0.6) is 5.75 Å². The molecule has 3 rings (SSSR count). The van der Waals surface area contributed by atoms with Gasteiger partial charge in [-0.15, -0.1) is 0 Å². The summed E-state index contributed by atoms with van der Waals surface area (Å²) in [6, 6.07) is 8.18. The Morgan fingerprint density at radius 3 is 2.87 bits per heavy atom. The van der Waals surface area contributed by atoms with Crippen LogP contribution in [0.3, 0.4) is 0 Å². The number of nitrogens with zero attached hydrogens (tertiary/aromatic N) is 1. The number of carbonyl (C=O) groups is 1. The molecule has 0 unspecified atom stereocenters. The molecule has 2 fully saturated rings. The molecule has 1 saturated heterocycles. The molecule has 1 N–H and O–H groups in total. The van der Waals surface area contributed by atoms with Crippen molar-refractivity contribution in [3.63, 3.8) is 0 Å². The summed E-state index contributed by atoms with van der Waals surface area (Å²) >= 11 is 0. The summed E-state index contributed by atoms with van der Waals surface area (Å²) in [6.07, 6.45) is 5.74. The highest BCUT2D eigenvalue weighted by Crippen LogP contribution is 2.40. The van der Waals surface area contributed by atoms with Gasteiger partial charge in [-0.05, 0) is 56.7 Å². The maximum absolute atomic E-state index is 11.7. The van der Waals surface area contributed by atoms with Gasteiger partial charge in [-0.1, -0.05) is 25.0 Å². The van der Waals surface area contributed by atoms with Crippen LogP contribution in [0.2, 0.25) is 0 Å². The van der Waals surface area contributed by atoms with E-state index < -0.39 is 5.97 Å². The number of carboxylic acid groups (broad SMARTS) is 1. The highest BCUT2D eigenvalue weighted by atomic mass is 16.5. The van der Waals surface area contributed by atoms with Crippen molar-refractivity contribution in [2.45, 2.75) is 70.7 Å². The molecule has 0 spiro atoms. The van der Waals surface area contributed by atoms with E-state index in [1.807, 2.05) is 26.0 Å². The topological polar surface area (TPSA) is 49.8 Å². The maximum Gasteiger partial charge on any atom is 0.320 e. The van der Waals surface area contributed by atoms with Crippen molar-refractivity contribution in [3.8, 4) is 5.75 Å². The lowest BCUT2D eigenvalue weighted by molar-refractivity contribution is -0.142. The first kappa shape index (κ1) is 16.3. The smallest absolute Gasteiger partial charge is 0.320 e. The first-order valence-electron chi connectivity index (χ1n) is 8.78. The zero-order chi connectivity index (χ0) is 16.4. The van der Waals surface area contributed by atoms with E-state index in [0.29, 0.717) is 18.5 Å². The van der Waals surface area contributed by atoms with Crippen molar-refractivity contribution < 1.29 is 14.6 Å². The maximum atomic E-state index is 11.7. The number of carboxylic acids is 1. The van der Waals surface area contributed by atoms with Gasteiger partial charge in [0, 0.05) is 12.6 Å². The van der Waals surface area contributed by atoms with Crippen LogP contribution in [0, 0.1) is 5.92 Å². The summed E-state index contributed by atoms with van der Waals surface area (Å²) in [7, 11) is 0. The Morgan fingerprint density at radius 2 is 2.13 bits per heavy atom. The van der Waals surface area contributed by atoms with Crippen LogP contribution in [0.25, 0.3) is 0 Å². The van der Waals surface area contributed by atoms with E-state index in [9.17, 15) is 9.90 Å². The van der Waals surface area contributed by atoms with Gasteiger partial charge in [-0.3, -0.25) is 9.69 Å². The molecule has 1 aromatic rings. The van der Waals surface area contributed by atoms with Crippen molar-refractivity contribution in [1.82, 2.24) is 4.90 Å². The van der Waals surface area contributed by atoms with Gasteiger partial charge in [-0.2, -0.15) is 0 Å². The van der Waals surface area contributed by atoms with Gasteiger partial charge in [-0.25, -0.2) is 0 Å². The largest absolute Gasteiger partial charge is 0.491 e. The first-order chi connectivity index (χ1) is 11.0. The van der Waals surface area contributed by atoms with E-state index in [4.69, 9.17) is 4.74 Å². The van der Waals surface area contributed by atoms with Crippen molar-refractivity contribution in [1.29, 1.82) is 0 Å². The molecule has 126 valence electrons. The monoisotopic (exact) mass is 317 g/mol. The standard InChI is InChI=1S/C19H27NO3/c1-13(2)23-16-8-5-6-14(10-16)12-20-17-9-4-3-7-15(17)11-18(20)19(21)22/h5-6,8,10,13,15,17-18H,3-4,7,9,11-12H2,1-2H3,(H,21,22)/t15-,17+,18-/m0/s1. The molecule has 0 bridgehead atoms. The van der Waals surface area contributed by atoms with Gasteiger partial charge in [0.25, 0.3) is 0 Å². The third-order valence-electron chi connectivity index (χ3n) is 5.14. The van der Waals surface area contributed by atoms with E-state index in [1.165, 1.54) is 19.3 Å². The normalized spacial score (nSPS) is 27.9. The van der Waals surface area contributed by atoms with E-state index in [-0.39, 0.29) is 12.1 Å². The van der Waals surface area contributed by atoms with Crippen LogP contribution in [0.15, 0.2) is 24.3 Å². The molecule has 0 radical (unpaired) electrons. The Hall–Kier alpha value is -1.55. The Bertz CT molecular complexity index is 557. The molecule has 1 heterocycles. The molecule has 1 aliphatic heterocycles. The van der Waals surface area contributed by atoms with E-state index >= 15 is 0 Å². The summed E-state index contributed by atoms with van der Waals surface area (Å²) in [5.74, 6) is 0.748. The quantitative estimate of drug-likeness (QED) is 0.900. The Balaban J connectivity index is 1.77. The van der Waals surface area contributed by atoms with Crippen LogP contribution >= 0.6 is 0 Å². The summed E-state index contributed by atoms with van der Waals surface area (Å²) in [5, 5.41) is 9.62. The second-order valence-corrected chi connectivity index (χ2v) is 7.19. The predicted molar refractivity (Wildman–Crippen MR) is 89.5 cm³/mol. The molecule has 4 nitrogen and oxygen atoms in total. The lowest BCUT2D eigenvalue weighted by Gasteiger charge is -2.33. The second-order valence-electron chi connectivity index (χ2n) is 7.19. The predicted octanol–water partition coefficient (Wildman–Crippen LogP) is 3.69. The second kappa shape index (κ2) is 6.91. The third kappa shape index (κ3) is 3.69. The highest BCUT2D eigenvalue weighted by molar-refractivity contribution is 5.74. The lowest BCUT2D eigenvalue weighted by Crippen LogP contribution is -2.41. The van der Waals surface area contributed by atoms with E-state index in [1.54, 1.807) is 0 Å². The summed E-state index contributed by atoms with van der Waals surface area (Å²) in [6.45, 7) is 4.73. The average molecular weight is 317 g/mol. The lowest BCUT2D eigenvalue weighted by atomic mass is 9.84. The molecule has 1 aromatic carbocycles. The minimum Gasteiger partial charge on any atom is -0.491 e. The van der Waals surface area contributed by atoms with Crippen molar-refractivity contribution >= 4 is 5.97 Å². The minimum atomic E-state index is -0.672. The number of benzene rings is 1. The van der Waals surface area contributed by atoms with Gasteiger partial charge in [0.05, 0.1) is 6.10 Å². The average Bonchev–Trinajstić information content (AvgIpc) is 2.86. The van der Waals surface area contributed by atoms with Gasteiger partial charge in [0.1, 0.15) is 11.8 Å². The van der Waals surface area contributed by atoms with Crippen LogP contribution in [-0.2, 0) is 11.3 Å². The molecular weight excluding hydrogens is 290 g/mol. The van der Waals surface area contributed by atoms with Crippen molar-refractivity contribution in [2.24, 2.45) is 5.92 Å². The number of hydrogen-bond donors (Lipinski definition) is 1. The summed E-state index contributed by atoms with van der Waals surface area (Å²) in [5.41, 5.74) is 1.14. The number of aliphatic carboxylic acids is 1. The van der Waals surface area contributed by atoms with Crippen LogP contribution in [0.4, 0.5) is 0 Å². The minimum absolute atomic E-state index is 0.145. The zero-order valence-corrected chi connectivity index (χ0v) is 14.1. The summed E-state index contributed by atoms with van der Waals surface area (Å²) in [4.78, 5) is 13.9. The Kier molecular flexibility index (Phi) is 4.90. The van der Waals surface area contributed by atoms with Crippen molar-refractivity contribution in [3.05, 3.63) is 29.8 Å². The third-order valence-corrected chi connectivity index (χ3v) is 5.14. The molecular formula is C19H27NO3. The first-order valence-corrected chi connectivity index (χ1v) is 8.78. The van der Waals surface area contributed by atoms with Gasteiger partial charge < -0.3 is 9.84 Å². The SMILES string of the molecule is CC(C)Oc1cccc(CN2[C@@H]3CCCC[C@H]3C[C@H]2C(=O)O)c1. The number of rotatable bonds is 5. The molecule has 23 heavy (non-hydrogen) atoms. The molecule has 2 aliphatic rings. The van der Waals surface area contributed by atoms with E-state index in [0.717, 1.165) is 24.2 Å². The molecule has 0 aromatic heterocycles. The fraction of sp³-hybridized carbons (Fsp3) is 0.632.